The molecule has 132 valence electrons. The molecule has 0 aromatic heterocycles. The van der Waals surface area contributed by atoms with Gasteiger partial charge in [0, 0.05) is 11.8 Å². The third kappa shape index (κ3) is 13.1. The van der Waals surface area contributed by atoms with E-state index in [0.717, 1.165) is 12.8 Å². The minimum atomic E-state index is -1.01. The Labute approximate surface area is 137 Å². The van der Waals surface area contributed by atoms with E-state index in [4.69, 9.17) is 4.74 Å². The van der Waals surface area contributed by atoms with Crippen LogP contribution >= 0.6 is 0 Å². The Morgan fingerprint density at radius 3 is 1.68 bits per heavy atom. The molecule has 0 bridgehead atoms. The van der Waals surface area contributed by atoms with Crippen molar-refractivity contribution in [1.29, 1.82) is 0 Å². The zero-order valence-electron chi connectivity index (χ0n) is 15.3. The highest BCUT2D eigenvalue weighted by Gasteiger charge is 2.25. The maximum Gasteiger partial charge on any atom is 0.308 e. The van der Waals surface area contributed by atoms with E-state index in [0.29, 0.717) is 6.42 Å². The molecule has 1 unspecified atom stereocenters. The lowest BCUT2D eigenvalue weighted by Crippen LogP contribution is -2.31. The molecule has 3 nitrogen and oxygen atoms in total. The van der Waals surface area contributed by atoms with Gasteiger partial charge in [-0.1, -0.05) is 91.9 Å². The second-order valence-corrected chi connectivity index (χ2v) is 7.49. The number of carbonyl (C=O) groups excluding carboxylic acids is 1. The average molecular weight is 315 g/mol. The van der Waals surface area contributed by atoms with E-state index in [1.54, 1.807) is 0 Å². The lowest BCUT2D eigenvalue weighted by molar-refractivity contribution is -0.186. The molecule has 0 aromatic carbocycles. The average Bonchev–Trinajstić information content (AvgIpc) is 2.43. The molecule has 0 aliphatic carbocycles. The Hall–Kier alpha value is -0.570. The van der Waals surface area contributed by atoms with E-state index < -0.39 is 11.7 Å². The summed E-state index contributed by atoms with van der Waals surface area (Å²) >= 11 is 0. The van der Waals surface area contributed by atoms with Gasteiger partial charge >= 0.3 is 5.97 Å². The zero-order valence-corrected chi connectivity index (χ0v) is 15.3. The molecule has 1 N–H and O–H groups in total. The number of hydrogen-bond donors (Lipinski definition) is 1. The van der Waals surface area contributed by atoms with Crippen molar-refractivity contribution in [2.24, 2.45) is 5.41 Å². The Kier molecular flexibility index (Phi) is 12.6. The molecule has 0 aromatic rings. The van der Waals surface area contributed by atoms with E-state index in [9.17, 15) is 9.90 Å². The van der Waals surface area contributed by atoms with Crippen LogP contribution in [0.2, 0.25) is 0 Å². The van der Waals surface area contributed by atoms with Gasteiger partial charge < -0.3 is 9.84 Å². The Morgan fingerprint density at radius 2 is 1.27 bits per heavy atom. The van der Waals surface area contributed by atoms with Crippen molar-refractivity contribution in [2.75, 3.05) is 0 Å². The summed E-state index contributed by atoms with van der Waals surface area (Å²) in [7, 11) is 0. The normalized spacial score (nSPS) is 13.1. The van der Waals surface area contributed by atoms with E-state index >= 15 is 0 Å². The summed E-state index contributed by atoms with van der Waals surface area (Å²) in [5.41, 5.74) is -0.410. The predicted molar refractivity (Wildman–Crippen MR) is 92.6 cm³/mol. The summed E-state index contributed by atoms with van der Waals surface area (Å²) in [5.74, 6) is -0.279. The van der Waals surface area contributed by atoms with Crippen molar-refractivity contribution in [1.82, 2.24) is 0 Å². The Balaban J connectivity index is 3.34. The highest BCUT2D eigenvalue weighted by atomic mass is 16.6. The summed E-state index contributed by atoms with van der Waals surface area (Å²) in [6.07, 6.45) is 13.3. The fourth-order valence-corrected chi connectivity index (χ4v) is 2.29. The van der Waals surface area contributed by atoms with Gasteiger partial charge in [0.25, 0.3) is 0 Å². The summed E-state index contributed by atoms with van der Waals surface area (Å²) in [5, 5.41) is 9.69. The molecule has 0 spiro atoms. The summed E-state index contributed by atoms with van der Waals surface area (Å²) < 4.78 is 5.02. The first kappa shape index (κ1) is 21.4. The molecule has 0 saturated heterocycles. The van der Waals surface area contributed by atoms with Crippen molar-refractivity contribution in [2.45, 2.75) is 111 Å². The number of aliphatic hydroxyl groups is 1. The fourth-order valence-electron chi connectivity index (χ4n) is 2.29. The minimum absolute atomic E-state index is 0.279. The van der Waals surface area contributed by atoms with Crippen LogP contribution in [-0.2, 0) is 9.53 Å². The maximum absolute atomic E-state index is 11.6. The minimum Gasteiger partial charge on any atom is -0.435 e. The zero-order chi connectivity index (χ0) is 16.8. The highest BCUT2D eigenvalue weighted by Crippen LogP contribution is 2.20. The molecule has 1 atom stereocenters. The quantitative estimate of drug-likeness (QED) is 0.273. The molecular weight excluding hydrogens is 276 g/mol. The lowest BCUT2D eigenvalue weighted by atomic mass is 9.96. The molecule has 0 aliphatic heterocycles. The smallest absolute Gasteiger partial charge is 0.308 e. The Morgan fingerprint density at radius 1 is 0.864 bits per heavy atom. The van der Waals surface area contributed by atoms with Gasteiger partial charge in [0.1, 0.15) is 0 Å². The first-order valence-corrected chi connectivity index (χ1v) is 9.25. The second-order valence-electron chi connectivity index (χ2n) is 7.49. The summed E-state index contributed by atoms with van der Waals surface area (Å²) in [6.45, 7) is 7.81. The predicted octanol–water partition coefficient (Wildman–Crippen LogP) is 5.60. The molecule has 0 radical (unpaired) electrons. The number of ether oxygens (including phenoxy) is 1. The third-order valence-corrected chi connectivity index (χ3v) is 3.97. The van der Waals surface area contributed by atoms with Crippen LogP contribution in [0.3, 0.4) is 0 Å². The monoisotopic (exact) mass is 314 g/mol. The van der Waals surface area contributed by atoms with Crippen LogP contribution in [0, 0.1) is 5.41 Å². The first-order valence-electron chi connectivity index (χ1n) is 9.25. The van der Waals surface area contributed by atoms with Crippen molar-refractivity contribution < 1.29 is 14.6 Å². The summed E-state index contributed by atoms with van der Waals surface area (Å²) in [4.78, 5) is 11.6. The number of hydrogen-bond acceptors (Lipinski definition) is 3. The molecule has 0 amide bonds. The number of carbonyl (C=O) groups is 1. The van der Waals surface area contributed by atoms with Gasteiger partial charge in [0.15, 0.2) is 0 Å². The molecule has 22 heavy (non-hydrogen) atoms. The van der Waals surface area contributed by atoms with Gasteiger partial charge in [0.2, 0.25) is 6.29 Å². The molecule has 0 rings (SSSR count). The van der Waals surface area contributed by atoms with Crippen LogP contribution in [0.25, 0.3) is 0 Å². The molecule has 0 heterocycles. The van der Waals surface area contributed by atoms with Crippen molar-refractivity contribution in [3.63, 3.8) is 0 Å². The standard InChI is InChI=1S/C19H38O3/c1-5-6-7-8-9-10-11-12-13-14-15-16-17(20)22-18(21)19(2,3)4/h18,21H,5-16H2,1-4H3. The number of unbranched alkanes of at least 4 members (excludes halogenated alkanes) is 10. The van der Waals surface area contributed by atoms with Crippen LogP contribution in [-0.4, -0.2) is 17.4 Å². The largest absolute Gasteiger partial charge is 0.435 e. The summed E-state index contributed by atoms with van der Waals surface area (Å²) in [6, 6.07) is 0. The maximum atomic E-state index is 11.6. The van der Waals surface area contributed by atoms with Crippen LogP contribution in [0.15, 0.2) is 0 Å². The highest BCUT2D eigenvalue weighted by molar-refractivity contribution is 5.69. The van der Waals surface area contributed by atoms with E-state index in [2.05, 4.69) is 6.92 Å². The van der Waals surface area contributed by atoms with E-state index in [1.165, 1.54) is 57.8 Å². The fraction of sp³-hybridized carbons (Fsp3) is 0.947. The van der Waals surface area contributed by atoms with Gasteiger partial charge in [0.05, 0.1) is 0 Å². The van der Waals surface area contributed by atoms with Crippen molar-refractivity contribution in [3.8, 4) is 0 Å². The SMILES string of the molecule is CCCCCCCCCCCCCC(=O)OC(O)C(C)(C)C. The topological polar surface area (TPSA) is 46.5 Å². The van der Waals surface area contributed by atoms with Crippen LogP contribution < -0.4 is 0 Å². The van der Waals surface area contributed by atoms with Crippen molar-refractivity contribution >= 4 is 5.97 Å². The molecule has 0 aliphatic rings. The Bertz CT molecular complexity index is 268. The van der Waals surface area contributed by atoms with Gasteiger partial charge in [-0.05, 0) is 6.42 Å². The second kappa shape index (κ2) is 12.9. The molecule has 0 fully saturated rings. The van der Waals surface area contributed by atoms with Crippen molar-refractivity contribution in [3.05, 3.63) is 0 Å². The van der Waals surface area contributed by atoms with Gasteiger partial charge in [-0.3, -0.25) is 4.79 Å². The van der Waals surface area contributed by atoms with E-state index in [1.807, 2.05) is 20.8 Å². The first-order chi connectivity index (χ1) is 10.4. The van der Waals surface area contributed by atoms with Crippen LogP contribution in [0.1, 0.15) is 105 Å². The van der Waals surface area contributed by atoms with Gasteiger partial charge in [-0.25, -0.2) is 0 Å². The van der Waals surface area contributed by atoms with Gasteiger partial charge in [-0.15, -0.1) is 0 Å². The number of aliphatic hydroxyl groups excluding tert-OH is 1. The number of esters is 1. The molecular formula is C19H38O3. The molecule has 0 saturated carbocycles. The number of rotatable bonds is 13. The van der Waals surface area contributed by atoms with Gasteiger partial charge in [-0.2, -0.15) is 0 Å². The lowest BCUT2D eigenvalue weighted by Gasteiger charge is -2.25. The van der Waals surface area contributed by atoms with Crippen LogP contribution in [0.5, 0.6) is 0 Å². The van der Waals surface area contributed by atoms with Crippen LogP contribution in [0.4, 0.5) is 0 Å². The third-order valence-electron chi connectivity index (χ3n) is 3.97. The molecule has 3 heteroatoms. The van der Waals surface area contributed by atoms with E-state index in [-0.39, 0.29) is 5.97 Å².